The Morgan fingerprint density at radius 3 is 2.56 bits per heavy atom. The minimum Gasteiger partial charge on any atom is -0.396 e. The third-order valence-electron chi connectivity index (χ3n) is 1.66. The molecule has 1 rings (SSSR count). The first kappa shape index (κ1) is 15.1. The molecule has 94 valence electrons. The van der Waals surface area contributed by atoms with Gasteiger partial charge in [-0.1, -0.05) is 25.4 Å². The molecular formula is C12H23NO3. The third-order valence-corrected chi connectivity index (χ3v) is 1.66. The van der Waals surface area contributed by atoms with Crippen molar-refractivity contribution < 1.29 is 14.4 Å². The quantitative estimate of drug-likeness (QED) is 0.729. The van der Waals surface area contributed by atoms with E-state index in [-0.39, 0.29) is 6.61 Å². The first-order chi connectivity index (χ1) is 7.85. The van der Waals surface area contributed by atoms with Crippen LogP contribution in [0.4, 0.5) is 0 Å². The first-order valence-electron chi connectivity index (χ1n) is 5.93. The minimum atomic E-state index is 0.198. The van der Waals surface area contributed by atoms with Gasteiger partial charge in [0.05, 0.1) is 5.69 Å². The van der Waals surface area contributed by atoms with Gasteiger partial charge in [0, 0.05) is 25.9 Å². The molecule has 1 aromatic rings. The van der Waals surface area contributed by atoms with E-state index in [9.17, 15) is 0 Å². The van der Waals surface area contributed by atoms with Gasteiger partial charge in [-0.15, -0.1) is 0 Å². The molecule has 0 saturated heterocycles. The van der Waals surface area contributed by atoms with Crippen molar-refractivity contribution in [3.05, 3.63) is 18.0 Å². The van der Waals surface area contributed by atoms with E-state index < -0.39 is 0 Å². The molecule has 0 saturated carbocycles. The number of aliphatic hydroxyl groups is 1. The summed E-state index contributed by atoms with van der Waals surface area (Å²) in [6, 6.07) is 1.85. The summed E-state index contributed by atoms with van der Waals surface area (Å²) >= 11 is 0. The van der Waals surface area contributed by atoms with Crippen LogP contribution in [-0.2, 0) is 11.2 Å². The summed E-state index contributed by atoms with van der Waals surface area (Å²) in [6.07, 6.45) is 5.36. The van der Waals surface area contributed by atoms with E-state index in [1.165, 1.54) is 6.42 Å². The van der Waals surface area contributed by atoms with Gasteiger partial charge < -0.3 is 14.4 Å². The van der Waals surface area contributed by atoms with Crippen molar-refractivity contribution in [3.8, 4) is 0 Å². The molecule has 0 aliphatic carbocycles. The lowest BCUT2D eigenvalue weighted by Crippen LogP contribution is -2.00. The zero-order chi connectivity index (χ0) is 12.1. The number of ether oxygens (including phenoxy) is 1. The van der Waals surface area contributed by atoms with Crippen molar-refractivity contribution in [3.63, 3.8) is 0 Å². The summed E-state index contributed by atoms with van der Waals surface area (Å²) in [7, 11) is 0. The fourth-order valence-electron chi connectivity index (χ4n) is 0.991. The molecule has 0 fully saturated rings. The fourth-order valence-corrected chi connectivity index (χ4v) is 0.991. The number of aryl methyl sites for hydroxylation is 1. The van der Waals surface area contributed by atoms with Crippen LogP contribution in [0.25, 0.3) is 0 Å². The molecule has 4 heteroatoms. The van der Waals surface area contributed by atoms with E-state index in [1.54, 1.807) is 6.26 Å². The Morgan fingerprint density at radius 2 is 2.00 bits per heavy atom. The molecule has 16 heavy (non-hydrogen) atoms. The number of aromatic nitrogens is 1. The van der Waals surface area contributed by atoms with Crippen LogP contribution in [0.15, 0.2) is 16.9 Å². The SMILES string of the molecule is CCC.OCCCOCCCc1ccon1. The van der Waals surface area contributed by atoms with Crippen LogP contribution in [0.5, 0.6) is 0 Å². The number of aliphatic hydroxyl groups excluding tert-OH is 1. The summed E-state index contributed by atoms with van der Waals surface area (Å²) in [4.78, 5) is 0. The number of rotatable bonds is 7. The van der Waals surface area contributed by atoms with E-state index in [0.717, 1.165) is 18.5 Å². The van der Waals surface area contributed by atoms with E-state index in [4.69, 9.17) is 9.84 Å². The summed E-state index contributed by atoms with van der Waals surface area (Å²) in [5, 5.41) is 12.3. The molecule has 0 amide bonds. The van der Waals surface area contributed by atoms with Gasteiger partial charge in [-0.3, -0.25) is 0 Å². The summed E-state index contributed by atoms with van der Waals surface area (Å²) in [5.74, 6) is 0. The van der Waals surface area contributed by atoms with Crippen LogP contribution in [-0.4, -0.2) is 30.1 Å². The molecule has 0 aliphatic heterocycles. The Kier molecular flexibility index (Phi) is 11.5. The first-order valence-corrected chi connectivity index (χ1v) is 5.93. The molecule has 0 atom stereocenters. The number of hydrogen-bond acceptors (Lipinski definition) is 4. The van der Waals surface area contributed by atoms with Crippen molar-refractivity contribution >= 4 is 0 Å². The maximum absolute atomic E-state index is 8.47. The standard InChI is InChI=1S/C9H15NO3.C3H8/c11-5-2-7-12-6-1-3-9-4-8-13-10-9;1-3-2/h4,8,11H,1-3,5-7H2;3H2,1-2H3. The summed E-state index contributed by atoms with van der Waals surface area (Å²) in [6.45, 7) is 5.80. The lowest BCUT2D eigenvalue weighted by molar-refractivity contribution is 0.114. The Hall–Kier alpha value is -0.870. The lowest BCUT2D eigenvalue weighted by Gasteiger charge is -2.00. The van der Waals surface area contributed by atoms with Gasteiger partial charge in [-0.25, -0.2) is 0 Å². The molecule has 1 N–H and O–H groups in total. The molecule has 0 spiro atoms. The average molecular weight is 229 g/mol. The molecule has 1 aromatic heterocycles. The van der Waals surface area contributed by atoms with Gasteiger partial charge in [-0.2, -0.15) is 0 Å². The van der Waals surface area contributed by atoms with Crippen molar-refractivity contribution in [1.82, 2.24) is 5.16 Å². The van der Waals surface area contributed by atoms with Crippen molar-refractivity contribution in [1.29, 1.82) is 0 Å². The molecule has 1 heterocycles. The Morgan fingerprint density at radius 1 is 1.31 bits per heavy atom. The maximum atomic E-state index is 8.47. The van der Waals surface area contributed by atoms with Crippen molar-refractivity contribution in [2.75, 3.05) is 19.8 Å². The normalized spacial score (nSPS) is 9.69. The smallest absolute Gasteiger partial charge is 0.124 e. The van der Waals surface area contributed by atoms with Crippen molar-refractivity contribution in [2.24, 2.45) is 0 Å². The largest absolute Gasteiger partial charge is 0.396 e. The van der Waals surface area contributed by atoms with Gasteiger partial charge in [-0.05, 0) is 19.3 Å². The summed E-state index contributed by atoms with van der Waals surface area (Å²) < 4.78 is 9.94. The summed E-state index contributed by atoms with van der Waals surface area (Å²) in [5.41, 5.74) is 0.964. The van der Waals surface area contributed by atoms with Gasteiger partial charge >= 0.3 is 0 Å². The molecule has 0 radical (unpaired) electrons. The second-order valence-corrected chi connectivity index (χ2v) is 3.49. The number of hydrogen-bond donors (Lipinski definition) is 1. The average Bonchev–Trinajstić information content (AvgIpc) is 2.77. The number of nitrogens with zero attached hydrogens (tertiary/aromatic N) is 1. The van der Waals surface area contributed by atoms with Crippen LogP contribution >= 0.6 is 0 Å². The van der Waals surface area contributed by atoms with Gasteiger partial charge in [0.2, 0.25) is 0 Å². The predicted octanol–water partition coefficient (Wildman–Crippen LogP) is 2.42. The third kappa shape index (κ3) is 9.68. The second kappa shape index (κ2) is 12.2. The molecule has 0 unspecified atom stereocenters. The van der Waals surface area contributed by atoms with Gasteiger partial charge in [0.25, 0.3) is 0 Å². The highest BCUT2D eigenvalue weighted by Gasteiger charge is 1.95. The topological polar surface area (TPSA) is 55.5 Å². The van der Waals surface area contributed by atoms with Crippen LogP contribution in [0.3, 0.4) is 0 Å². The zero-order valence-corrected chi connectivity index (χ0v) is 10.3. The highest BCUT2D eigenvalue weighted by molar-refractivity contribution is 4.94. The Bertz CT molecular complexity index is 212. The highest BCUT2D eigenvalue weighted by Crippen LogP contribution is 1.99. The monoisotopic (exact) mass is 229 g/mol. The molecule has 0 bridgehead atoms. The van der Waals surface area contributed by atoms with E-state index >= 15 is 0 Å². The Labute approximate surface area is 97.6 Å². The maximum Gasteiger partial charge on any atom is 0.124 e. The van der Waals surface area contributed by atoms with Gasteiger partial charge in [0.15, 0.2) is 0 Å². The van der Waals surface area contributed by atoms with E-state index in [1.807, 2.05) is 6.07 Å². The van der Waals surface area contributed by atoms with Crippen molar-refractivity contribution in [2.45, 2.75) is 39.5 Å². The zero-order valence-electron chi connectivity index (χ0n) is 10.3. The highest BCUT2D eigenvalue weighted by atomic mass is 16.5. The molecule has 4 nitrogen and oxygen atoms in total. The second-order valence-electron chi connectivity index (χ2n) is 3.49. The van der Waals surface area contributed by atoms with Crippen LogP contribution in [0.2, 0.25) is 0 Å². The predicted molar refractivity (Wildman–Crippen MR) is 63.3 cm³/mol. The van der Waals surface area contributed by atoms with Gasteiger partial charge in [0.1, 0.15) is 6.26 Å². The fraction of sp³-hybridized carbons (Fsp3) is 0.750. The minimum absolute atomic E-state index is 0.198. The molecule has 0 aliphatic rings. The van der Waals surface area contributed by atoms with E-state index in [2.05, 4.69) is 23.5 Å². The van der Waals surface area contributed by atoms with Crippen LogP contribution in [0.1, 0.15) is 38.8 Å². The van der Waals surface area contributed by atoms with Crippen LogP contribution in [0, 0.1) is 0 Å². The molecular weight excluding hydrogens is 206 g/mol. The van der Waals surface area contributed by atoms with Crippen LogP contribution < -0.4 is 0 Å². The Balaban J connectivity index is 0.000000673. The van der Waals surface area contributed by atoms with E-state index in [0.29, 0.717) is 19.6 Å². The molecule has 0 aromatic carbocycles. The lowest BCUT2D eigenvalue weighted by atomic mass is 10.2.